The zero-order valence-corrected chi connectivity index (χ0v) is 12.6. The zero-order chi connectivity index (χ0) is 15.6. The lowest BCUT2D eigenvalue weighted by atomic mass is 10.2. The molecule has 0 spiro atoms. The smallest absolute Gasteiger partial charge is 0.228 e. The Balaban J connectivity index is 1.54. The first-order chi connectivity index (χ1) is 11.3. The van der Waals surface area contributed by atoms with Crippen LogP contribution in [0.4, 0.5) is 17.7 Å². The molecule has 0 aliphatic carbocycles. The minimum Gasteiger partial charge on any atom is -0.383 e. The molecule has 23 heavy (non-hydrogen) atoms. The molecule has 1 aromatic carbocycles. The Bertz CT molecular complexity index is 813. The van der Waals surface area contributed by atoms with Gasteiger partial charge in [-0.1, -0.05) is 12.1 Å². The summed E-state index contributed by atoms with van der Waals surface area (Å²) in [6.07, 6.45) is 3.53. The molecule has 0 radical (unpaired) electrons. The summed E-state index contributed by atoms with van der Waals surface area (Å²) in [6.45, 7) is 3.30. The highest BCUT2D eigenvalue weighted by atomic mass is 15.4. The van der Waals surface area contributed by atoms with E-state index in [1.807, 2.05) is 30.3 Å². The number of aromatic nitrogens is 4. The molecule has 116 valence electrons. The van der Waals surface area contributed by atoms with Gasteiger partial charge in [0.15, 0.2) is 0 Å². The maximum absolute atomic E-state index is 6.07. The van der Waals surface area contributed by atoms with E-state index in [4.69, 9.17) is 5.73 Å². The summed E-state index contributed by atoms with van der Waals surface area (Å²) in [4.78, 5) is 22.0. The Labute approximate surface area is 133 Å². The van der Waals surface area contributed by atoms with E-state index in [1.54, 1.807) is 12.4 Å². The van der Waals surface area contributed by atoms with Crippen LogP contribution in [0.3, 0.4) is 0 Å². The van der Waals surface area contributed by atoms with E-state index in [1.165, 1.54) is 0 Å². The summed E-state index contributed by atoms with van der Waals surface area (Å²) in [5.74, 6) is 1.99. The molecule has 0 amide bonds. The Morgan fingerprint density at radius 1 is 0.783 bits per heavy atom. The number of nitrogen functional groups attached to an aromatic ring is 1. The van der Waals surface area contributed by atoms with E-state index >= 15 is 0 Å². The quantitative estimate of drug-likeness (QED) is 0.764. The van der Waals surface area contributed by atoms with Crippen molar-refractivity contribution in [2.45, 2.75) is 0 Å². The number of benzene rings is 1. The predicted molar refractivity (Wildman–Crippen MR) is 90.4 cm³/mol. The highest BCUT2D eigenvalue weighted by Gasteiger charge is 2.21. The van der Waals surface area contributed by atoms with Crippen molar-refractivity contribution >= 4 is 28.6 Å². The van der Waals surface area contributed by atoms with E-state index in [9.17, 15) is 0 Å². The summed E-state index contributed by atoms with van der Waals surface area (Å²) in [7, 11) is 0. The molecule has 7 heteroatoms. The van der Waals surface area contributed by atoms with E-state index in [0.717, 1.165) is 43.0 Å². The fourth-order valence-electron chi connectivity index (χ4n) is 2.79. The molecular formula is C16H17N7. The second-order valence-corrected chi connectivity index (χ2v) is 5.45. The topological polar surface area (TPSA) is 84.1 Å². The molecule has 0 bridgehead atoms. The minimum atomic E-state index is 0.527. The van der Waals surface area contributed by atoms with Gasteiger partial charge < -0.3 is 15.5 Å². The number of anilines is 3. The first-order valence-electron chi connectivity index (χ1n) is 7.60. The Morgan fingerprint density at radius 3 is 2.17 bits per heavy atom. The number of hydrogen-bond donors (Lipinski definition) is 1. The van der Waals surface area contributed by atoms with Gasteiger partial charge in [-0.2, -0.15) is 4.98 Å². The third-order valence-electron chi connectivity index (χ3n) is 4.02. The highest BCUT2D eigenvalue weighted by Crippen LogP contribution is 2.22. The Morgan fingerprint density at radius 2 is 1.43 bits per heavy atom. The third-order valence-corrected chi connectivity index (χ3v) is 4.02. The maximum Gasteiger partial charge on any atom is 0.228 e. The number of hydrogen-bond acceptors (Lipinski definition) is 7. The van der Waals surface area contributed by atoms with Crippen LogP contribution in [0.5, 0.6) is 0 Å². The van der Waals surface area contributed by atoms with E-state index in [0.29, 0.717) is 11.8 Å². The van der Waals surface area contributed by atoms with Crippen molar-refractivity contribution in [3.63, 3.8) is 0 Å². The zero-order valence-electron chi connectivity index (χ0n) is 12.6. The monoisotopic (exact) mass is 307 g/mol. The van der Waals surface area contributed by atoms with Crippen LogP contribution in [0.15, 0.2) is 42.7 Å². The van der Waals surface area contributed by atoms with Crippen LogP contribution >= 0.6 is 0 Å². The van der Waals surface area contributed by atoms with Gasteiger partial charge in [-0.15, -0.1) is 0 Å². The lowest BCUT2D eigenvalue weighted by molar-refractivity contribution is 0.629. The average molecular weight is 307 g/mol. The summed E-state index contributed by atoms with van der Waals surface area (Å²) in [5.41, 5.74) is 6.95. The van der Waals surface area contributed by atoms with Gasteiger partial charge in [0.05, 0.1) is 5.52 Å². The van der Waals surface area contributed by atoms with Crippen molar-refractivity contribution in [3.8, 4) is 0 Å². The number of para-hydroxylation sites is 1. The highest BCUT2D eigenvalue weighted by molar-refractivity contribution is 5.88. The Hall–Kier alpha value is -2.96. The molecule has 0 atom stereocenters. The number of rotatable bonds is 2. The number of nitrogens with two attached hydrogens (primary N) is 1. The SMILES string of the molecule is Nc1nc(N2CCN(c3ncccn3)CC2)nc2ccccc12. The van der Waals surface area contributed by atoms with Gasteiger partial charge in [-0.05, 0) is 18.2 Å². The van der Waals surface area contributed by atoms with E-state index < -0.39 is 0 Å². The van der Waals surface area contributed by atoms with Crippen molar-refractivity contribution < 1.29 is 0 Å². The van der Waals surface area contributed by atoms with Crippen LogP contribution in [-0.2, 0) is 0 Å². The van der Waals surface area contributed by atoms with Crippen molar-refractivity contribution in [1.29, 1.82) is 0 Å². The number of fused-ring (bicyclic) bond motifs is 1. The second kappa shape index (κ2) is 5.68. The molecule has 2 N–H and O–H groups in total. The molecule has 7 nitrogen and oxygen atoms in total. The molecular weight excluding hydrogens is 290 g/mol. The van der Waals surface area contributed by atoms with Gasteiger partial charge in [-0.3, -0.25) is 0 Å². The fraction of sp³-hybridized carbons (Fsp3) is 0.250. The van der Waals surface area contributed by atoms with Crippen LogP contribution in [-0.4, -0.2) is 46.1 Å². The van der Waals surface area contributed by atoms with Crippen molar-refractivity contribution in [1.82, 2.24) is 19.9 Å². The lowest BCUT2D eigenvalue weighted by Gasteiger charge is -2.34. The molecule has 2 aromatic heterocycles. The lowest BCUT2D eigenvalue weighted by Crippen LogP contribution is -2.47. The molecule has 1 aliphatic rings. The van der Waals surface area contributed by atoms with Crippen LogP contribution in [0, 0.1) is 0 Å². The first-order valence-corrected chi connectivity index (χ1v) is 7.60. The third kappa shape index (κ3) is 2.61. The molecule has 0 saturated carbocycles. The molecule has 1 saturated heterocycles. The van der Waals surface area contributed by atoms with Crippen molar-refractivity contribution in [3.05, 3.63) is 42.7 Å². The van der Waals surface area contributed by atoms with Gasteiger partial charge in [0.25, 0.3) is 0 Å². The van der Waals surface area contributed by atoms with E-state index in [2.05, 4.69) is 29.7 Å². The molecule has 1 aliphatic heterocycles. The summed E-state index contributed by atoms with van der Waals surface area (Å²) >= 11 is 0. The van der Waals surface area contributed by atoms with Crippen LogP contribution < -0.4 is 15.5 Å². The minimum absolute atomic E-state index is 0.527. The standard InChI is InChI=1S/C16H17N7/c17-14-12-4-1-2-5-13(12)20-16(21-14)23-10-8-22(9-11-23)15-18-6-3-7-19-15/h1-7H,8-11H2,(H2,17,20,21). The van der Waals surface area contributed by atoms with Gasteiger partial charge in [0.1, 0.15) is 5.82 Å². The first kappa shape index (κ1) is 13.7. The summed E-state index contributed by atoms with van der Waals surface area (Å²) in [5, 5.41) is 0.896. The second-order valence-electron chi connectivity index (χ2n) is 5.45. The maximum atomic E-state index is 6.07. The van der Waals surface area contributed by atoms with E-state index in [-0.39, 0.29) is 0 Å². The number of nitrogens with zero attached hydrogens (tertiary/aromatic N) is 6. The summed E-state index contributed by atoms with van der Waals surface area (Å²) in [6, 6.07) is 9.64. The molecule has 3 aromatic rings. The van der Waals surface area contributed by atoms with Crippen LogP contribution in [0.2, 0.25) is 0 Å². The van der Waals surface area contributed by atoms with Gasteiger partial charge in [-0.25, -0.2) is 15.0 Å². The van der Waals surface area contributed by atoms with Gasteiger partial charge in [0.2, 0.25) is 11.9 Å². The van der Waals surface area contributed by atoms with Crippen LogP contribution in [0.25, 0.3) is 10.9 Å². The normalized spacial score (nSPS) is 15.1. The summed E-state index contributed by atoms with van der Waals surface area (Å²) < 4.78 is 0. The largest absolute Gasteiger partial charge is 0.383 e. The predicted octanol–water partition coefficient (Wildman–Crippen LogP) is 1.33. The molecule has 0 unspecified atom stereocenters. The van der Waals surface area contributed by atoms with Crippen molar-refractivity contribution in [2.75, 3.05) is 41.7 Å². The van der Waals surface area contributed by atoms with Gasteiger partial charge in [0, 0.05) is 44.0 Å². The van der Waals surface area contributed by atoms with Crippen LogP contribution in [0.1, 0.15) is 0 Å². The number of piperazine rings is 1. The average Bonchev–Trinajstić information content (AvgIpc) is 2.63. The fourth-order valence-corrected chi connectivity index (χ4v) is 2.79. The van der Waals surface area contributed by atoms with Crippen molar-refractivity contribution in [2.24, 2.45) is 0 Å². The molecule has 3 heterocycles. The Kier molecular flexibility index (Phi) is 3.38. The molecule has 1 fully saturated rings. The molecule has 4 rings (SSSR count). The van der Waals surface area contributed by atoms with Gasteiger partial charge >= 0.3 is 0 Å².